The van der Waals surface area contributed by atoms with Crippen LogP contribution in [-0.4, -0.2) is 56.3 Å². The Labute approximate surface area is 136 Å². The zero-order valence-corrected chi connectivity index (χ0v) is 14.1. The molecule has 3 rings (SSSR count). The first-order valence-corrected chi connectivity index (χ1v) is 9.49. The molecule has 0 saturated carbocycles. The number of carbonyl (C=O) groups excluding carboxylic acids is 2. The molecule has 1 saturated heterocycles. The number of amides is 2. The highest BCUT2D eigenvalue weighted by molar-refractivity contribution is 7.91. The second-order valence-electron chi connectivity index (χ2n) is 6.24. The first kappa shape index (κ1) is 16.0. The number of rotatable bonds is 2. The first-order valence-electron chi connectivity index (χ1n) is 7.67. The van der Waals surface area contributed by atoms with Crippen LogP contribution in [0.15, 0.2) is 18.2 Å². The van der Waals surface area contributed by atoms with Crippen LogP contribution in [-0.2, 0) is 21.1 Å². The quantitative estimate of drug-likeness (QED) is 0.803. The molecule has 1 aromatic carbocycles. The molecule has 7 heteroatoms. The fourth-order valence-electron chi connectivity index (χ4n) is 3.31. The van der Waals surface area contributed by atoms with Crippen molar-refractivity contribution in [1.29, 1.82) is 0 Å². The summed E-state index contributed by atoms with van der Waals surface area (Å²) in [7, 11) is -1.36. The Morgan fingerprint density at radius 3 is 2.65 bits per heavy atom. The fraction of sp³-hybridized carbons (Fsp3) is 0.500. The minimum absolute atomic E-state index is 0.00360. The monoisotopic (exact) mass is 336 g/mol. The molecular weight excluding hydrogens is 316 g/mol. The molecule has 2 aliphatic heterocycles. The first-order chi connectivity index (χ1) is 10.8. The van der Waals surface area contributed by atoms with E-state index >= 15 is 0 Å². The Hall–Kier alpha value is -1.89. The molecule has 1 atom stereocenters. The molecule has 0 aliphatic carbocycles. The van der Waals surface area contributed by atoms with Crippen molar-refractivity contribution < 1.29 is 18.0 Å². The molecule has 2 aliphatic rings. The van der Waals surface area contributed by atoms with E-state index in [1.54, 1.807) is 24.1 Å². The Kier molecular flexibility index (Phi) is 3.91. The zero-order chi connectivity index (χ0) is 16.8. The van der Waals surface area contributed by atoms with E-state index in [0.717, 1.165) is 17.7 Å². The summed E-state index contributed by atoms with van der Waals surface area (Å²) in [6, 6.07) is 5.08. The number of benzene rings is 1. The summed E-state index contributed by atoms with van der Waals surface area (Å²) in [6.45, 7) is 2.17. The lowest BCUT2D eigenvalue weighted by atomic mass is 10.1. The van der Waals surface area contributed by atoms with Crippen LogP contribution in [0.3, 0.4) is 0 Å². The maximum atomic E-state index is 12.6. The van der Waals surface area contributed by atoms with Crippen LogP contribution in [0.5, 0.6) is 0 Å². The smallest absolute Gasteiger partial charge is 0.253 e. The predicted octanol–water partition coefficient (Wildman–Crippen LogP) is 0.855. The number of sulfone groups is 1. The second kappa shape index (κ2) is 5.63. The molecule has 124 valence electrons. The van der Waals surface area contributed by atoms with E-state index in [-0.39, 0.29) is 29.4 Å². The van der Waals surface area contributed by atoms with Crippen molar-refractivity contribution in [2.24, 2.45) is 0 Å². The van der Waals surface area contributed by atoms with Gasteiger partial charge in [0.15, 0.2) is 9.84 Å². The lowest BCUT2D eigenvalue weighted by Crippen LogP contribution is -2.37. The van der Waals surface area contributed by atoms with Gasteiger partial charge >= 0.3 is 0 Å². The van der Waals surface area contributed by atoms with Gasteiger partial charge < -0.3 is 9.80 Å². The largest absolute Gasteiger partial charge is 0.338 e. The molecule has 0 spiro atoms. The van der Waals surface area contributed by atoms with E-state index in [9.17, 15) is 18.0 Å². The number of carbonyl (C=O) groups is 2. The third kappa shape index (κ3) is 2.97. The van der Waals surface area contributed by atoms with Gasteiger partial charge in [-0.05, 0) is 36.6 Å². The van der Waals surface area contributed by atoms with Gasteiger partial charge in [-0.1, -0.05) is 0 Å². The van der Waals surface area contributed by atoms with Gasteiger partial charge in [-0.25, -0.2) is 8.42 Å². The summed E-state index contributed by atoms with van der Waals surface area (Å²) in [4.78, 5) is 27.4. The zero-order valence-electron chi connectivity index (χ0n) is 13.3. The van der Waals surface area contributed by atoms with Crippen LogP contribution >= 0.6 is 0 Å². The molecule has 0 bridgehead atoms. The molecule has 0 aromatic heterocycles. The normalized spacial score (nSPS) is 22.0. The van der Waals surface area contributed by atoms with Crippen LogP contribution in [0.25, 0.3) is 0 Å². The van der Waals surface area contributed by atoms with E-state index in [2.05, 4.69) is 0 Å². The number of anilines is 1. The van der Waals surface area contributed by atoms with Crippen LogP contribution in [0, 0.1) is 0 Å². The van der Waals surface area contributed by atoms with E-state index in [1.165, 1.54) is 11.8 Å². The Morgan fingerprint density at radius 1 is 1.30 bits per heavy atom. The van der Waals surface area contributed by atoms with E-state index < -0.39 is 9.84 Å². The highest BCUT2D eigenvalue weighted by atomic mass is 32.2. The van der Waals surface area contributed by atoms with Crippen molar-refractivity contribution in [1.82, 2.24) is 4.90 Å². The van der Waals surface area contributed by atoms with Gasteiger partial charge in [0.1, 0.15) is 0 Å². The van der Waals surface area contributed by atoms with E-state index in [1.807, 2.05) is 6.07 Å². The van der Waals surface area contributed by atoms with Crippen molar-refractivity contribution >= 4 is 27.3 Å². The van der Waals surface area contributed by atoms with Crippen molar-refractivity contribution in [3.05, 3.63) is 29.3 Å². The van der Waals surface area contributed by atoms with Crippen molar-refractivity contribution in [2.45, 2.75) is 25.8 Å². The summed E-state index contributed by atoms with van der Waals surface area (Å²) in [5.74, 6) is 0.0120. The maximum absolute atomic E-state index is 12.6. The maximum Gasteiger partial charge on any atom is 0.253 e. The number of fused-ring (bicyclic) bond motifs is 1. The van der Waals surface area contributed by atoms with Crippen molar-refractivity contribution in [2.75, 3.05) is 30.0 Å². The Bertz CT molecular complexity index is 772. The predicted molar refractivity (Wildman–Crippen MR) is 87.3 cm³/mol. The SMILES string of the molecule is CC(=O)N1CCc2cc(C(=O)N(C)C3CCS(=O)(=O)C3)ccc21. The number of nitrogens with zero attached hydrogens (tertiary/aromatic N) is 2. The van der Waals surface area contributed by atoms with Gasteiger partial charge in [0.05, 0.1) is 11.5 Å². The van der Waals surface area contributed by atoms with E-state index in [4.69, 9.17) is 0 Å². The minimum atomic E-state index is -3.02. The molecule has 1 aromatic rings. The summed E-state index contributed by atoms with van der Waals surface area (Å²) < 4.78 is 23.2. The summed E-state index contributed by atoms with van der Waals surface area (Å²) >= 11 is 0. The lowest BCUT2D eigenvalue weighted by molar-refractivity contribution is -0.116. The lowest BCUT2D eigenvalue weighted by Gasteiger charge is -2.24. The molecule has 1 unspecified atom stereocenters. The molecule has 0 N–H and O–H groups in total. The molecule has 1 fully saturated rings. The standard InChI is InChI=1S/C16H20N2O4S/c1-11(19)18-7-5-12-9-13(3-4-15(12)18)16(20)17(2)14-6-8-23(21,22)10-14/h3-4,9,14H,5-8,10H2,1-2H3. The van der Waals surface area contributed by atoms with Crippen molar-refractivity contribution in [3.8, 4) is 0 Å². The third-order valence-corrected chi connectivity index (χ3v) is 6.43. The second-order valence-corrected chi connectivity index (χ2v) is 8.47. The third-order valence-electron chi connectivity index (χ3n) is 4.68. The summed E-state index contributed by atoms with van der Waals surface area (Å²) in [5, 5.41) is 0. The summed E-state index contributed by atoms with van der Waals surface area (Å²) in [6.07, 6.45) is 1.23. The van der Waals surface area contributed by atoms with Gasteiger partial charge in [-0.3, -0.25) is 9.59 Å². The minimum Gasteiger partial charge on any atom is -0.338 e. The van der Waals surface area contributed by atoms with Gasteiger partial charge in [0.2, 0.25) is 5.91 Å². The molecular formula is C16H20N2O4S. The average molecular weight is 336 g/mol. The van der Waals surface area contributed by atoms with E-state index in [0.29, 0.717) is 18.5 Å². The van der Waals surface area contributed by atoms with Crippen LogP contribution in [0.2, 0.25) is 0 Å². The topological polar surface area (TPSA) is 74.8 Å². The molecule has 2 amide bonds. The van der Waals surface area contributed by atoms with Crippen molar-refractivity contribution in [3.63, 3.8) is 0 Å². The van der Waals surface area contributed by atoms with Gasteiger partial charge in [-0.2, -0.15) is 0 Å². The average Bonchev–Trinajstić information content (AvgIpc) is 3.08. The van der Waals surface area contributed by atoms with Gasteiger partial charge in [-0.15, -0.1) is 0 Å². The van der Waals surface area contributed by atoms with Crippen LogP contribution in [0.4, 0.5) is 5.69 Å². The van der Waals surface area contributed by atoms with Crippen LogP contribution < -0.4 is 4.90 Å². The molecule has 6 nitrogen and oxygen atoms in total. The Balaban J connectivity index is 1.80. The van der Waals surface area contributed by atoms with Gasteiger partial charge in [0.25, 0.3) is 5.91 Å². The van der Waals surface area contributed by atoms with Crippen LogP contribution in [0.1, 0.15) is 29.3 Å². The Morgan fingerprint density at radius 2 is 2.04 bits per heavy atom. The number of hydrogen-bond donors (Lipinski definition) is 0. The fourth-order valence-corrected chi connectivity index (χ4v) is 5.09. The molecule has 0 radical (unpaired) electrons. The highest BCUT2D eigenvalue weighted by Gasteiger charge is 2.33. The molecule has 23 heavy (non-hydrogen) atoms. The summed E-state index contributed by atoms with van der Waals surface area (Å²) in [5.41, 5.74) is 2.39. The highest BCUT2D eigenvalue weighted by Crippen LogP contribution is 2.29. The number of hydrogen-bond acceptors (Lipinski definition) is 4. The molecule has 2 heterocycles. The van der Waals surface area contributed by atoms with Gasteiger partial charge in [0, 0.05) is 37.8 Å².